The van der Waals surface area contributed by atoms with E-state index in [0.717, 1.165) is 24.2 Å². The lowest BCUT2D eigenvalue weighted by Gasteiger charge is -2.46. The molecule has 0 spiro atoms. The van der Waals surface area contributed by atoms with Gasteiger partial charge in [-0.3, -0.25) is 34.2 Å². The molecule has 0 bridgehead atoms. The van der Waals surface area contributed by atoms with Gasteiger partial charge >= 0.3 is 0 Å². The Balaban J connectivity index is 1.52. The number of amides is 5. The van der Waals surface area contributed by atoms with Gasteiger partial charge in [-0.05, 0) is 44.7 Å². The Morgan fingerprint density at radius 1 is 1.23 bits per heavy atom. The van der Waals surface area contributed by atoms with E-state index in [9.17, 15) is 24.0 Å². The molecule has 1 saturated heterocycles. The van der Waals surface area contributed by atoms with Crippen LogP contribution in [0.5, 0.6) is 0 Å². The number of benzene rings is 1. The van der Waals surface area contributed by atoms with Crippen LogP contribution >= 0.6 is 0 Å². The van der Waals surface area contributed by atoms with Gasteiger partial charge in [-0.15, -0.1) is 0 Å². The van der Waals surface area contributed by atoms with Crippen molar-refractivity contribution >= 4 is 35.2 Å². The Labute approximate surface area is 173 Å². The molecular weight excluding hydrogens is 388 g/mol. The topological polar surface area (TPSA) is 116 Å². The standard InChI is InChI=1S/C21H24N4O5/c1-21(9-4-10-21)24(2)16(27)11-22-13-6-3-5-12-17(13)20(30)25(19(12)29)14-7-8-15(26)23-18(14)28/h3,5-6,14,22H,4,7-11H2,1-2H3,(H,23,26,28). The molecule has 1 aliphatic carbocycles. The Kier molecular flexibility index (Phi) is 4.83. The smallest absolute Gasteiger partial charge is 0.264 e. The van der Waals surface area contributed by atoms with E-state index in [1.807, 2.05) is 0 Å². The van der Waals surface area contributed by atoms with Crippen LogP contribution in [0.2, 0.25) is 0 Å². The van der Waals surface area contributed by atoms with Crippen molar-refractivity contribution in [3.63, 3.8) is 0 Å². The lowest BCUT2D eigenvalue weighted by molar-refractivity contribution is -0.137. The maximum absolute atomic E-state index is 13.1. The van der Waals surface area contributed by atoms with Crippen LogP contribution in [0.25, 0.3) is 0 Å². The van der Waals surface area contributed by atoms with Gasteiger partial charge in [0.2, 0.25) is 17.7 Å². The molecule has 1 atom stereocenters. The molecule has 1 saturated carbocycles. The highest BCUT2D eigenvalue weighted by atomic mass is 16.2. The number of hydrogen-bond donors (Lipinski definition) is 2. The average Bonchev–Trinajstić information content (AvgIpc) is 2.95. The number of carbonyl (C=O) groups excluding carboxylic acids is 5. The average molecular weight is 412 g/mol. The number of fused-ring (bicyclic) bond motifs is 1. The third kappa shape index (κ3) is 3.14. The summed E-state index contributed by atoms with van der Waals surface area (Å²) in [4.78, 5) is 64.7. The van der Waals surface area contributed by atoms with Crippen LogP contribution in [0.4, 0.5) is 5.69 Å². The number of nitrogens with zero attached hydrogens (tertiary/aromatic N) is 2. The molecule has 2 fully saturated rings. The minimum Gasteiger partial charge on any atom is -0.375 e. The van der Waals surface area contributed by atoms with Crippen LogP contribution in [-0.4, -0.2) is 64.5 Å². The van der Waals surface area contributed by atoms with E-state index in [0.29, 0.717) is 5.69 Å². The van der Waals surface area contributed by atoms with E-state index in [-0.39, 0.29) is 42.0 Å². The molecule has 1 unspecified atom stereocenters. The number of anilines is 1. The van der Waals surface area contributed by atoms with Crippen molar-refractivity contribution in [1.82, 2.24) is 15.1 Å². The molecule has 1 aromatic carbocycles. The summed E-state index contributed by atoms with van der Waals surface area (Å²) in [5.74, 6) is -2.34. The van der Waals surface area contributed by atoms with E-state index in [2.05, 4.69) is 17.6 Å². The molecule has 2 N–H and O–H groups in total. The van der Waals surface area contributed by atoms with Gasteiger partial charge in [-0.25, -0.2) is 0 Å². The highest BCUT2D eigenvalue weighted by molar-refractivity contribution is 6.25. The summed E-state index contributed by atoms with van der Waals surface area (Å²) in [5, 5.41) is 5.17. The largest absolute Gasteiger partial charge is 0.375 e. The maximum Gasteiger partial charge on any atom is 0.264 e. The molecule has 2 heterocycles. The van der Waals surface area contributed by atoms with E-state index in [1.54, 1.807) is 24.1 Å². The molecule has 2 aliphatic heterocycles. The van der Waals surface area contributed by atoms with Gasteiger partial charge in [0.1, 0.15) is 6.04 Å². The van der Waals surface area contributed by atoms with Crippen LogP contribution in [-0.2, 0) is 14.4 Å². The van der Waals surface area contributed by atoms with Crippen molar-refractivity contribution in [3.8, 4) is 0 Å². The first-order chi connectivity index (χ1) is 14.2. The van der Waals surface area contributed by atoms with Crippen molar-refractivity contribution in [1.29, 1.82) is 0 Å². The second kappa shape index (κ2) is 7.23. The fourth-order valence-corrected chi connectivity index (χ4v) is 4.28. The molecule has 3 aliphatic rings. The van der Waals surface area contributed by atoms with Crippen molar-refractivity contribution in [2.75, 3.05) is 18.9 Å². The number of carbonyl (C=O) groups is 5. The number of likely N-dealkylation sites (N-methyl/N-ethyl adjacent to an activating group) is 1. The molecular formula is C21H24N4O5. The second-order valence-corrected chi connectivity index (χ2v) is 8.33. The fraction of sp³-hybridized carbons (Fsp3) is 0.476. The number of rotatable bonds is 5. The van der Waals surface area contributed by atoms with Crippen LogP contribution in [0.3, 0.4) is 0 Å². The summed E-state index contributed by atoms with van der Waals surface area (Å²) in [7, 11) is 1.78. The zero-order valence-electron chi connectivity index (χ0n) is 17.0. The summed E-state index contributed by atoms with van der Waals surface area (Å²) in [6, 6.07) is 3.77. The van der Waals surface area contributed by atoms with Crippen molar-refractivity contribution < 1.29 is 24.0 Å². The van der Waals surface area contributed by atoms with E-state index in [4.69, 9.17) is 0 Å². The van der Waals surface area contributed by atoms with Gasteiger partial charge in [-0.1, -0.05) is 6.07 Å². The summed E-state index contributed by atoms with van der Waals surface area (Å²) >= 11 is 0. The summed E-state index contributed by atoms with van der Waals surface area (Å²) in [5.41, 5.74) is 0.575. The van der Waals surface area contributed by atoms with Gasteiger partial charge in [0.25, 0.3) is 11.8 Å². The quantitative estimate of drug-likeness (QED) is 0.695. The predicted molar refractivity (Wildman–Crippen MR) is 107 cm³/mol. The molecule has 0 radical (unpaired) electrons. The number of piperidine rings is 1. The fourth-order valence-electron chi connectivity index (χ4n) is 4.28. The zero-order valence-corrected chi connectivity index (χ0v) is 17.0. The molecule has 5 amide bonds. The molecule has 9 nitrogen and oxygen atoms in total. The summed E-state index contributed by atoms with van der Waals surface area (Å²) < 4.78 is 0. The highest BCUT2D eigenvalue weighted by Gasteiger charge is 2.45. The zero-order chi connectivity index (χ0) is 21.6. The van der Waals surface area contributed by atoms with Gasteiger partial charge in [0.05, 0.1) is 17.7 Å². The lowest BCUT2D eigenvalue weighted by atomic mass is 9.77. The molecule has 0 aromatic heterocycles. The minimum absolute atomic E-state index is 0.0115. The molecule has 30 heavy (non-hydrogen) atoms. The first-order valence-corrected chi connectivity index (χ1v) is 10.1. The predicted octanol–water partition coefficient (Wildman–Crippen LogP) is 0.901. The second-order valence-electron chi connectivity index (χ2n) is 8.33. The number of hydrogen-bond acceptors (Lipinski definition) is 6. The van der Waals surface area contributed by atoms with Gasteiger partial charge in [0.15, 0.2) is 0 Å². The highest BCUT2D eigenvalue weighted by Crippen LogP contribution is 2.36. The Morgan fingerprint density at radius 2 is 1.97 bits per heavy atom. The third-order valence-corrected chi connectivity index (χ3v) is 6.51. The number of imide groups is 2. The Bertz CT molecular complexity index is 968. The summed E-state index contributed by atoms with van der Waals surface area (Å²) in [6.07, 6.45) is 3.18. The van der Waals surface area contributed by atoms with Crippen molar-refractivity contribution in [2.24, 2.45) is 0 Å². The monoisotopic (exact) mass is 412 g/mol. The van der Waals surface area contributed by atoms with Crippen molar-refractivity contribution in [2.45, 2.75) is 50.6 Å². The summed E-state index contributed by atoms with van der Waals surface area (Å²) in [6.45, 7) is 2.04. The lowest BCUT2D eigenvalue weighted by Crippen LogP contribution is -2.54. The third-order valence-electron chi connectivity index (χ3n) is 6.51. The van der Waals surface area contributed by atoms with E-state index >= 15 is 0 Å². The van der Waals surface area contributed by atoms with Gasteiger partial charge < -0.3 is 10.2 Å². The van der Waals surface area contributed by atoms with Gasteiger partial charge in [0, 0.05) is 24.7 Å². The number of nitrogens with one attached hydrogen (secondary N) is 2. The minimum atomic E-state index is -1.02. The Hall–Kier alpha value is -3.23. The van der Waals surface area contributed by atoms with Crippen LogP contribution in [0.1, 0.15) is 59.7 Å². The molecule has 158 valence electrons. The van der Waals surface area contributed by atoms with Gasteiger partial charge in [-0.2, -0.15) is 0 Å². The first kappa shape index (κ1) is 20.1. The first-order valence-electron chi connectivity index (χ1n) is 10.1. The van der Waals surface area contributed by atoms with E-state index in [1.165, 1.54) is 6.07 Å². The maximum atomic E-state index is 13.1. The van der Waals surface area contributed by atoms with E-state index < -0.39 is 29.7 Å². The van der Waals surface area contributed by atoms with Crippen LogP contribution in [0, 0.1) is 0 Å². The van der Waals surface area contributed by atoms with Crippen molar-refractivity contribution in [3.05, 3.63) is 29.3 Å². The van der Waals surface area contributed by atoms with Crippen LogP contribution < -0.4 is 10.6 Å². The Morgan fingerprint density at radius 3 is 2.60 bits per heavy atom. The molecule has 1 aromatic rings. The normalized spacial score (nSPS) is 22.3. The molecule has 4 rings (SSSR count). The van der Waals surface area contributed by atoms with Crippen LogP contribution in [0.15, 0.2) is 18.2 Å². The molecule has 9 heteroatoms. The SMILES string of the molecule is CN(C(=O)CNc1cccc2c1C(=O)N(C1CCC(=O)NC1=O)C2=O)C1(C)CCC1.